The van der Waals surface area contributed by atoms with Crippen molar-refractivity contribution in [2.75, 3.05) is 20.1 Å². The van der Waals surface area contributed by atoms with E-state index in [-0.39, 0.29) is 11.6 Å². The lowest BCUT2D eigenvalue weighted by molar-refractivity contribution is 0.115. The van der Waals surface area contributed by atoms with E-state index in [0.29, 0.717) is 13.1 Å². The monoisotopic (exact) mass is 256 g/mol. The lowest BCUT2D eigenvalue weighted by Gasteiger charge is -2.25. The van der Waals surface area contributed by atoms with Gasteiger partial charge in [-0.3, -0.25) is 4.90 Å². The number of likely N-dealkylation sites (N-methyl/N-ethyl adjacent to an activating group) is 1. The van der Waals surface area contributed by atoms with Gasteiger partial charge in [-0.1, -0.05) is 6.07 Å². The number of aliphatic hydroxyl groups excluding tert-OH is 1. The molecule has 1 heterocycles. The van der Waals surface area contributed by atoms with Gasteiger partial charge in [0.05, 0.1) is 6.10 Å². The van der Waals surface area contributed by atoms with E-state index in [9.17, 15) is 5.11 Å². The van der Waals surface area contributed by atoms with Crippen LogP contribution in [-0.4, -0.2) is 41.8 Å². The molecule has 0 spiro atoms. The van der Waals surface area contributed by atoms with Gasteiger partial charge in [-0.2, -0.15) is 0 Å². The Morgan fingerprint density at radius 2 is 2.18 bits per heavy atom. The third kappa shape index (κ3) is 6.78. The van der Waals surface area contributed by atoms with Gasteiger partial charge in [0.1, 0.15) is 0 Å². The van der Waals surface area contributed by atoms with Crippen LogP contribution in [0, 0.1) is 0 Å². The highest BCUT2D eigenvalue weighted by Crippen LogP contribution is 2.10. The lowest BCUT2D eigenvalue weighted by Crippen LogP contribution is -2.44. The first-order valence-electron chi connectivity index (χ1n) is 6.01. The number of hydrogen-bond donors (Lipinski definition) is 2. The Kier molecular flexibility index (Phi) is 5.59. The largest absolute Gasteiger partial charge is 0.390 e. The van der Waals surface area contributed by atoms with Crippen LogP contribution in [0.5, 0.6) is 0 Å². The van der Waals surface area contributed by atoms with E-state index in [1.54, 1.807) is 11.3 Å². The SMILES string of the molecule is CN(Cc1cccs1)CC(O)CNC(C)(C)C. The van der Waals surface area contributed by atoms with Crippen molar-refractivity contribution in [1.29, 1.82) is 0 Å². The summed E-state index contributed by atoms with van der Waals surface area (Å²) >= 11 is 1.76. The molecule has 0 aliphatic heterocycles. The molecule has 0 aliphatic carbocycles. The van der Waals surface area contributed by atoms with Gasteiger partial charge in [0.25, 0.3) is 0 Å². The summed E-state index contributed by atoms with van der Waals surface area (Å²) in [6.45, 7) is 8.56. The van der Waals surface area contributed by atoms with Crippen molar-refractivity contribution in [3.63, 3.8) is 0 Å². The molecule has 98 valence electrons. The molecule has 0 fully saturated rings. The van der Waals surface area contributed by atoms with E-state index in [4.69, 9.17) is 0 Å². The molecule has 0 amide bonds. The van der Waals surface area contributed by atoms with Gasteiger partial charge in [0, 0.05) is 30.1 Å². The topological polar surface area (TPSA) is 35.5 Å². The number of nitrogens with zero attached hydrogens (tertiary/aromatic N) is 1. The minimum atomic E-state index is -0.320. The molecule has 3 nitrogen and oxygen atoms in total. The molecule has 0 saturated carbocycles. The van der Waals surface area contributed by atoms with Gasteiger partial charge >= 0.3 is 0 Å². The van der Waals surface area contributed by atoms with Crippen LogP contribution in [0.1, 0.15) is 25.6 Å². The summed E-state index contributed by atoms with van der Waals surface area (Å²) in [4.78, 5) is 3.49. The summed E-state index contributed by atoms with van der Waals surface area (Å²) in [7, 11) is 2.04. The van der Waals surface area contributed by atoms with Crippen LogP contribution in [0.4, 0.5) is 0 Å². The molecule has 1 aromatic heterocycles. The van der Waals surface area contributed by atoms with Crippen molar-refractivity contribution in [3.8, 4) is 0 Å². The highest BCUT2D eigenvalue weighted by atomic mass is 32.1. The third-order valence-corrected chi connectivity index (χ3v) is 3.26. The molecule has 1 aromatic rings. The predicted molar refractivity (Wildman–Crippen MR) is 74.4 cm³/mol. The quantitative estimate of drug-likeness (QED) is 0.816. The average molecular weight is 256 g/mol. The van der Waals surface area contributed by atoms with Crippen LogP contribution in [0.3, 0.4) is 0 Å². The first-order valence-corrected chi connectivity index (χ1v) is 6.89. The zero-order valence-electron chi connectivity index (χ0n) is 11.2. The minimum absolute atomic E-state index is 0.0628. The molecule has 1 atom stereocenters. The zero-order valence-corrected chi connectivity index (χ0v) is 12.0. The molecule has 0 bridgehead atoms. The maximum atomic E-state index is 9.91. The van der Waals surface area contributed by atoms with Gasteiger partial charge < -0.3 is 10.4 Å². The lowest BCUT2D eigenvalue weighted by atomic mass is 10.1. The predicted octanol–water partition coefficient (Wildman–Crippen LogP) is 1.93. The molecule has 17 heavy (non-hydrogen) atoms. The fraction of sp³-hybridized carbons (Fsp3) is 0.692. The maximum absolute atomic E-state index is 9.91. The second-order valence-corrected chi connectivity index (χ2v) is 6.59. The van der Waals surface area contributed by atoms with Gasteiger partial charge in [0.2, 0.25) is 0 Å². The molecule has 0 aromatic carbocycles. The number of hydrogen-bond acceptors (Lipinski definition) is 4. The summed E-state index contributed by atoms with van der Waals surface area (Å²) in [6, 6.07) is 4.19. The normalized spacial score (nSPS) is 14.2. The first-order chi connectivity index (χ1) is 7.87. The summed E-state index contributed by atoms with van der Waals surface area (Å²) in [6.07, 6.45) is -0.320. The van der Waals surface area contributed by atoms with E-state index < -0.39 is 0 Å². The molecule has 0 radical (unpaired) electrons. The molecule has 1 rings (SSSR count). The smallest absolute Gasteiger partial charge is 0.0791 e. The Morgan fingerprint density at radius 3 is 2.71 bits per heavy atom. The van der Waals surface area contributed by atoms with E-state index >= 15 is 0 Å². The van der Waals surface area contributed by atoms with Crippen molar-refractivity contribution < 1.29 is 5.11 Å². The Morgan fingerprint density at radius 1 is 1.47 bits per heavy atom. The van der Waals surface area contributed by atoms with Crippen molar-refractivity contribution >= 4 is 11.3 Å². The van der Waals surface area contributed by atoms with Gasteiger partial charge in [-0.05, 0) is 39.3 Å². The summed E-state index contributed by atoms with van der Waals surface area (Å²) in [5.74, 6) is 0. The van der Waals surface area contributed by atoms with Crippen molar-refractivity contribution in [3.05, 3.63) is 22.4 Å². The van der Waals surface area contributed by atoms with E-state index in [2.05, 4.69) is 48.5 Å². The maximum Gasteiger partial charge on any atom is 0.0791 e. The molecule has 4 heteroatoms. The highest BCUT2D eigenvalue weighted by molar-refractivity contribution is 7.09. The molecular weight excluding hydrogens is 232 g/mol. The average Bonchev–Trinajstić information content (AvgIpc) is 2.66. The van der Waals surface area contributed by atoms with E-state index in [1.165, 1.54) is 4.88 Å². The number of nitrogens with one attached hydrogen (secondary N) is 1. The Hall–Kier alpha value is -0.420. The number of thiophene rings is 1. The van der Waals surface area contributed by atoms with Crippen LogP contribution in [-0.2, 0) is 6.54 Å². The molecule has 1 unspecified atom stereocenters. The third-order valence-electron chi connectivity index (χ3n) is 2.40. The summed E-state index contributed by atoms with van der Waals surface area (Å²) in [5, 5.41) is 15.3. The van der Waals surface area contributed by atoms with Crippen molar-refractivity contribution in [2.24, 2.45) is 0 Å². The van der Waals surface area contributed by atoms with E-state index in [1.807, 2.05) is 7.05 Å². The van der Waals surface area contributed by atoms with Gasteiger partial charge in [0.15, 0.2) is 0 Å². The molecule has 0 saturated heterocycles. The molecular formula is C13H24N2OS. The van der Waals surface area contributed by atoms with Gasteiger partial charge in [-0.15, -0.1) is 11.3 Å². The van der Waals surface area contributed by atoms with Crippen molar-refractivity contribution in [2.45, 2.75) is 39.0 Å². The second-order valence-electron chi connectivity index (χ2n) is 5.56. The van der Waals surface area contributed by atoms with Crippen LogP contribution in [0.2, 0.25) is 0 Å². The van der Waals surface area contributed by atoms with Gasteiger partial charge in [-0.25, -0.2) is 0 Å². The fourth-order valence-electron chi connectivity index (χ4n) is 1.58. The number of rotatable bonds is 6. The van der Waals surface area contributed by atoms with Crippen LogP contribution in [0.25, 0.3) is 0 Å². The molecule has 0 aliphatic rings. The Bertz CT molecular complexity index is 306. The zero-order chi connectivity index (χ0) is 12.9. The standard InChI is InChI=1S/C13H24N2OS/c1-13(2,3)14-8-11(16)9-15(4)10-12-6-5-7-17-12/h5-7,11,14,16H,8-10H2,1-4H3. The number of aliphatic hydroxyl groups is 1. The van der Waals surface area contributed by atoms with Crippen LogP contribution in [0.15, 0.2) is 17.5 Å². The van der Waals surface area contributed by atoms with E-state index in [0.717, 1.165) is 6.54 Å². The summed E-state index contributed by atoms with van der Waals surface area (Å²) < 4.78 is 0. The van der Waals surface area contributed by atoms with Crippen LogP contribution < -0.4 is 5.32 Å². The van der Waals surface area contributed by atoms with Crippen molar-refractivity contribution in [1.82, 2.24) is 10.2 Å². The highest BCUT2D eigenvalue weighted by Gasteiger charge is 2.13. The second kappa shape index (κ2) is 6.50. The first kappa shape index (κ1) is 14.6. The molecule has 2 N–H and O–H groups in total. The Labute approximate surface area is 108 Å². The fourth-order valence-corrected chi connectivity index (χ4v) is 2.37. The van der Waals surface area contributed by atoms with Crippen LogP contribution >= 0.6 is 11.3 Å². The minimum Gasteiger partial charge on any atom is -0.390 e. The summed E-state index contributed by atoms with van der Waals surface area (Å²) in [5.41, 5.74) is 0.0628. The number of β-amino-alcohol motifs (C(OH)–C–C–N with tert-alkyl or cyclic N) is 1. The Balaban J connectivity index is 2.24.